The molecule has 1 unspecified atom stereocenters. The highest BCUT2D eigenvalue weighted by molar-refractivity contribution is 4.82. The fourth-order valence-electron chi connectivity index (χ4n) is 1.56. The molecule has 0 bridgehead atoms. The van der Waals surface area contributed by atoms with E-state index in [0.29, 0.717) is 6.61 Å². The van der Waals surface area contributed by atoms with Gasteiger partial charge in [0.25, 0.3) is 0 Å². The Morgan fingerprint density at radius 2 is 2.31 bits per heavy atom. The van der Waals surface area contributed by atoms with Gasteiger partial charge in [0, 0.05) is 12.5 Å². The minimum Gasteiger partial charge on any atom is -0.390 e. The molecule has 0 aromatic rings. The van der Waals surface area contributed by atoms with Crippen LogP contribution in [0.1, 0.15) is 26.7 Å². The Kier molecular flexibility index (Phi) is 4.70. The average Bonchev–Trinajstić information content (AvgIpc) is 2.43. The van der Waals surface area contributed by atoms with Gasteiger partial charge in [0.15, 0.2) is 0 Å². The van der Waals surface area contributed by atoms with Crippen molar-refractivity contribution in [3.05, 3.63) is 0 Å². The van der Waals surface area contributed by atoms with Crippen LogP contribution >= 0.6 is 0 Å². The average molecular weight is 187 g/mol. The van der Waals surface area contributed by atoms with Gasteiger partial charge < -0.3 is 15.2 Å². The van der Waals surface area contributed by atoms with Gasteiger partial charge in [-0.3, -0.25) is 0 Å². The van der Waals surface area contributed by atoms with E-state index < -0.39 is 0 Å². The van der Waals surface area contributed by atoms with Crippen LogP contribution < -0.4 is 5.32 Å². The van der Waals surface area contributed by atoms with E-state index in [0.717, 1.165) is 13.1 Å². The van der Waals surface area contributed by atoms with Gasteiger partial charge in [-0.05, 0) is 13.0 Å². The highest BCUT2D eigenvalue weighted by atomic mass is 16.5. The summed E-state index contributed by atoms with van der Waals surface area (Å²) in [6, 6.07) is 0. The molecule has 0 radical (unpaired) electrons. The molecular weight excluding hydrogens is 166 g/mol. The first-order chi connectivity index (χ1) is 6.25. The van der Waals surface area contributed by atoms with Crippen molar-refractivity contribution in [2.45, 2.75) is 38.9 Å². The van der Waals surface area contributed by atoms with Crippen molar-refractivity contribution in [3.63, 3.8) is 0 Å². The summed E-state index contributed by atoms with van der Waals surface area (Å²) in [5, 5.41) is 12.9. The standard InChI is InChI=1S/C10H21NO2/c1-3-4-5-11-6-9-10(12)8(2)7-13-9/h8-12H,3-7H2,1-2H3/t8?,9-,10-/m0/s1. The lowest BCUT2D eigenvalue weighted by Gasteiger charge is -2.15. The minimum atomic E-state index is -0.283. The van der Waals surface area contributed by atoms with Gasteiger partial charge in [0.1, 0.15) is 0 Å². The number of unbranched alkanes of at least 4 members (excludes halogenated alkanes) is 1. The summed E-state index contributed by atoms with van der Waals surface area (Å²) >= 11 is 0. The predicted molar refractivity (Wildman–Crippen MR) is 52.7 cm³/mol. The van der Waals surface area contributed by atoms with Crippen LogP contribution in [0.25, 0.3) is 0 Å². The van der Waals surface area contributed by atoms with Crippen LogP contribution in [0.4, 0.5) is 0 Å². The van der Waals surface area contributed by atoms with E-state index in [4.69, 9.17) is 4.74 Å². The molecule has 1 rings (SSSR count). The summed E-state index contributed by atoms with van der Waals surface area (Å²) in [5.74, 6) is 0.290. The molecule has 0 aromatic heterocycles. The van der Waals surface area contributed by atoms with Crippen LogP contribution in [0.3, 0.4) is 0 Å². The van der Waals surface area contributed by atoms with E-state index in [-0.39, 0.29) is 18.1 Å². The quantitative estimate of drug-likeness (QED) is 0.625. The van der Waals surface area contributed by atoms with Crippen molar-refractivity contribution in [1.29, 1.82) is 0 Å². The Hall–Kier alpha value is -0.120. The molecule has 3 nitrogen and oxygen atoms in total. The van der Waals surface area contributed by atoms with Gasteiger partial charge in [-0.25, -0.2) is 0 Å². The normalized spacial score (nSPS) is 33.9. The highest BCUT2D eigenvalue weighted by Gasteiger charge is 2.31. The van der Waals surface area contributed by atoms with Crippen molar-refractivity contribution < 1.29 is 9.84 Å². The van der Waals surface area contributed by atoms with Crippen molar-refractivity contribution in [2.75, 3.05) is 19.7 Å². The van der Waals surface area contributed by atoms with Gasteiger partial charge in [-0.15, -0.1) is 0 Å². The lowest BCUT2D eigenvalue weighted by molar-refractivity contribution is 0.0401. The molecule has 0 spiro atoms. The van der Waals surface area contributed by atoms with Gasteiger partial charge >= 0.3 is 0 Å². The van der Waals surface area contributed by atoms with Crippen molar-refractivity contribution >= 4 is 0 Å². The largest absolute Gasteiger partial charge is 0.390 e. The molecule has 0 aromatic carbocycles. The molecule has 0 amide bonds. The summed E-state index contributed by atoms with van der Waals surface area (Å²) in [7, 11) is 0. The topological polar surface area (TPSA) is 41.5 Å². The third kappa shape index (κ3) is 3.25. The summed E-state index contributed by atoms with van der Waals surface area (Å²) in [6.07, 6.45) is 2.12. The monoisotopic (exact) mass is 187 g/mol. The second-order valence-corrected chi connectivity index (χ2v) is 3.90. The number of aliphatic hydroxyl groups excluding tert-OH is 1. The SMILES string of the molecule is CCCCNC[C@@H]1OCC(C)[C@@H]1O. The zero-order valence-corrected chi connectivity index (χ0v) is 8.62. The lowest BCUT2D eigenvalue weighted by Crippen LogP contribution is -2.35. The van der Waals surface area contributed by atoms with Crippen LogP contribution in [0.2, 0.25) is 0 Å². The first-order valence-corrected chi connectivity index (χ1v) is 5.26. The molecular formula is C10H21NO2. The van der Waals surface area contributed by atoms with Gasteiger partial charge in [-0.2, -0.15) is 0 Å². The highest BCUT2D eigenvalue weighted by Crippen LogP contribution is 2.18. The van der Waals surface area contributed by atoms with Gasteiger partial charge in [0.2, 0.25) is 0 Å². The van der Waals surface area contributed by atoms with Gasteiger partial charge in [-0.1, -0.05) is 20.3 Å². The molecule has 1 aliphatic rings. The zero-order valence-electron chi connectivity index (χ0n) is 8.62. The van der Waals surface area contributed by atoms with Crippen LogP contribution in [-0.2, 0) is 4.74 Å². The van der Waals surface area contributed by atoms with E-state index in [2.05, 4.69) is 12.2 Å². The second kappa shape index (κ2) is 5.58. The predicted octanol–water partition coefficient (Wildman–Crippen LogP) is 0.772. The Morgan fingerprint density at radius 3 is 2.85 bits per heavy atom. The van der Waals surface area contributed by atoms with E-state index in [1.807, 2.05) is 6.92 Å². The van der Waals surface area contributed by atoms with Crippen LogP contribution in [0.5, 0.6) is 0 Å². The molecule has 1 heterocycles. The number of hydrogen-bond donors (Lipinski definition) is 2. The Morgan fingerprint density at radius 1 is 1.54 bits per heavy atom. The first-order valence-electron chi connectivity index (χ1n) is 5.26. The van der Waals surface area contributed by atoms with E-state index in [1.165, 1.54) is 12.8 Å². The Balaban J connectivity index is 2.08. The molecule has 0 saturated carbocycles. The Bertz CT molecular complexity index is 141. The first kappa shape index (κ1) is 11.0. The molecule has 2 N–H and O–H groups in total. The van der Waals surface area contributed by atoms with Crippen LogP contribution in [-0.4, -0.2) is 37.0 Å². The number of rotatable bonds is 5. The van der Waals surface area contributed by atoms with Crippen LogP contribution in [0, 0.1) is 5.92 Å². The lowest BCUT2D eigenvalue weighted by atomic mass is 10.0. The molecule has 1 aliphatic heterocycles. The molecule has 78 valence electrons. The summed E-state index contributed by atoms with van der Waals surface area (Å²) in [6.45, 7) is 6.70. The summed E-state index contributed by atoms with van der Waals surface area (Å²) < 4.78 is 5.45. The summed E-state index contributed by atoms with van der Waals surface area (Å²) in [5.41, 5.74) is 0. The Labute approximate surface area is 80.5 Å². The molecule has 3 heteroatoms. The second-order valence-electron chi connectivity index (χ2n) is 3.90. The van der Waals surface area contributed by atoms with Crippen molar-refractivity contribution in [2.24, 2.45) is 5.92 Å². The van der Waals surface area contributed by atoms with E-state index in [9.17, 15) is 5.11 Å². The third-order valence-electron chi connectivity index (χ3n) is 2.59. The minimum absolute atomic E-state index is 0.00635. The molecule has 1 fully saturated rings. The zero-order chi connectivity index (χ0) is 9.68. The molecule has 3 atom stereocenters. The fourth-order valence-corrected chi connectivity index (χ4v) is 1.56. The maximum atomic E-state index is 9.65. The van der Waals surface area contributed by atoms with E-state index in [1.54, 1.807) is 0 Å². The van der Waals surface area contributed by atoms with Crippen molar-refractivity contribution in [3.8, 4) is 0 Å². The maximum Gasteiger partial charge on any atom is 0.0961 e. The number of hydrogen-bond acceptors (Lipinski definition) is 3. The number of aliphatic hydroxyl groups is 1. The number of nitrogens with one attached hydrogen (secondary N) is 1. The van der Waals surface area contributed by atoms with Crippen molar-refractivity contribution in [1.82, 2.24) is 5.32 Å². The van der Waals surface area contributed by atoms with Gasteiger partial charge in [0.05, 0.1) is 18.8 Å². The summed E-state index contributed by atoms with van der Waals surface area (Å²) in [4.78, 5) is 0. The molecule has 1 saturated heterocycles. The maximum absolute atomic E-state index is 9.65. The van der Waals surface area contributed by atoms with Crippen LogP contribution in [0.15, 0.2) is 0 Å². The molecule has 13 heavy (non-hydrogen) atoms. The smallest absolute Gasteiger partial charge is 0.0961 e. The van der Waals surface area contributed by atoms with E-state index >= 15 is 0 Å². The molecule has 0 aliphatic carbocycles. The fraction of sp³-hybridized carbons (Fsp3) is 1.00. The third-order valence-corrected chi connectivity index (χ3v) is 2.59. The number of ether oxygens (including phenoxy) is 1.